The number of benzene rings is 1. The Morgan fingerprint density at radius 2 is 1.96 bits per heavy atom. The van der Waals surface area contributed by atoms with Gasteiger partial charge in [-0.3, -0.25) is 9.52 Å². The summed E-state index contributed by atoms with van der Waals surface area (Å²) < 4.78 is 45.2. The van der Waals surface area contributed by atoms with Crippen LogP contribution in [-0.4, -0.2) is 18.6 Å². The number of aromatic nitrogens is 2. The van der Waals surface area contributed by atoms with Crippen LogP contribution in [0.25, 0.3) is 11.5 Å². The van der Waals surface area contributed by atoms with Gasteiger partial charge in [0.05, 0.1) is 10.7 Å². The second kappa shape index (κ2) is 6.10. The molecule has 0 amide bonds. The fourth-order valence-corrected chi connectivity index (χ4v) is 3.01. The Labute approximate surface area is 140 Å². The van der Waals surface area contributed by atoms with Crippen molar-refractivity contribution >= 4 is 27.3 Å². The summed E-state index contributed by atoms with van der Waals surface area (Å²) in [7, 11) is -4.04. The summed E-state index contributed by atoms with van der Waals surface area (Å²) in [4.78, 5) is 11.0. The van der Waals surface area contributed by atoms with Crippen LogP contribution < -0.4 is 10.3 Å². The number of aromatic amines is 1. The first-order valence-electron chi connectivity index (χ1n) is 6.49. The van der Waals surface area contributed by atoms with Crippen LogP contribution in [0, 0.1) is 5.82 Å². The number of sulfonamides is 1. The summed E-state index contributed by atoms with van der Waals surface area (Å²) in [6, 6.07) is 8.66. The zero-order chi connectivity index (χ0) is 17.3. The largest absolute Gasteiger partial charge is 0.441 e. The van der Waals surface area contributed by atoms with E-state index in [1.54, 1.807) is 0 Å². The van der Waals surface area contributed by atoms with Gasteiger partial charge in [0.15, 0.2) is 5.76 Å². The molecule has 2 N–H and O–H groups in total. The summed E-state index contributed by atoms with van der Waals surface area (Å²) in [5.74, 6) is -0.507. The molecule has 0 fully saturated rings. The molecule has 0 unspecified atom stereocenters. The highest BCUT2D eigenvalue weighted by atomic mass is 35.5. The van der Waals surface area contributed by atoms with E-state index in [-0.39, 0.29) is 27.3 Å². The van der Waals surface area contributed by atoms with E-state index < -0.39 is 21.4 Å². The van der Waals surface area contributed by atoms with Crippen LogP contribution in [0.5, 0.6) is 0 Å². The third-order valence-electron chi connectivity index (χ3n) is 2.95. The Balaban J connectivity index is 1.89. The summed E-state index contributed by atoms with van der Waals surface area (Å²) in [5, 5.41) is 5.38. The molecule has 1 aromatic carbocycles. The molecule has 10 heteroatoms. The van der Waals surface area contributed by atoms with Crippen LogP contribution in [0.4, 0.5) is 10.1 Å². The van der Waals surface area contributed by atoms with Gasteiger partial charge in [-0.15, -0.1) is 0 Å². The number of halogens is 2. The van der Waals surface area contributed by atoms with Crippen LogP contribution in [-0.2, 0) is 10.0 Å². The molecule has 0 radical (unpaired) electrons. The maximum Gasteiger partial charge on any atom is 0.295 e. The Bertz CT molecular complexity index is 1040. The molecule has 2 heterocycles. The number of furan rings is 1. The molecule has 0 aliphatic rings. The standard InChI is InChI=1S/C14H9ClFN3O4S/c15-9-7-8(1-2-10(9)16)19-24(21,22)14-6-4-12(23-14)11-3-5-13(20)18-17-11/h1-7,19H,(H,18,20). The van der Waals surface area contributed by atoms with Crippen LogP contribution in [0.2, 0.25) is 5.02 Å². The fourth-order valence-electron chi connectivity index (χ4n) is 1.85. The number of nitrogens with one attached hydrogen (secondary N) is 2. The van der Waals surface area contributed by atoms with Crippen molar-refractivity contribution < 1.29 is 17.2 Å². The highest BCUT2D eigenvalue weighted by molar-refractivity contribution is 7.92. The lowest BCUT2D eigenvalue weighted by Gasteiger charge is -2.06. The van der Waals surface area contributed by atoms with E-state index in [1.807, 2.05) is 0 Å². The average Bonchev–Trinajstić information content (AvgIpc) is 3.02. The van der Waals surface area contributed by atoms with Gasteiger partial charge in [-0.2, -0.15) is 13.5 Å². The first-order valence-corrected chi connectivity index (χ1v) is 8.35. The fraction of sp³-hybridized carbons (Fsp3) is 0. The van der Waals surface area contributed by atoms with Crippen molar-refractivity contribution in [1.82, 2.24) is 10.2 Å². The lowest BCUT2D eigenvalue weighted by Crippen LogP contribution is -2.12. The predicted molar refractivity (Wildman–Crippen MR) is 84.8 cm³/mol. The molecule has 2 aromatic heterocycles. The first-order chi connectivity index (χ1) is 11.3. The number of nitrogens with zero attached hydrogens (tertiary/aromatic N) is 1. The van der Waals surface area contributed by atoms with Crippen molar-refractivity contribution in [3.63, 3.8) is 0 Å². The van der Waals surface area contributed by atoms with Gasteiger partial charge in [-0.1, -0.05) is 11.6 Å². The van der Waals surface area contributed by atoms with Crippen molar-refractivity contribution in [2.45, 2.75) is 5.09 Å². The Hall–Kier alpha value is -2.65. The molecule has 0 aliphatic carbocycles. The molecular formula is C14H9ClFN3O4S. The summed E-state index contributed by atoms with van der Waals surface area (Å²) in [6.45, 7) is 0. The zero-order valence-corrected chi connectivity index (χ0v) is 13.4. The van der Waals surface area contributed by atoms with Gasteiger partial charge in [-0.05, 0) is 36.4 Å². The van der Waals surface area contributed by atoms with Gasteiger partial charge in [0.2, 0.25) is 5.09 Å². The van der Waals surface area contributed by atoms with Crippen LogP contribution in [0.15, 0.2) is 56.8 Å². The topological polar surface area (TPSA) is 105 Å². The van der Waals surface area contributed by atoms with E-state index in [4.69, 9.17) is 16.0 Å². The molecule has 0 atom stereocenters. The van der Waals surface area contributed by atoms with Gasteiger partial charge in [0.25, 0.3) is 15.6 Å². The smallest absolute Gasteiger partial charge is 0.295 e. The Morgan fingerprint density at radius 3 is 2.62 bits per heavy atom. The monoisotopic (exact) mass is 369 g/mol. The van der Waals surface area contributed by atoms with E-state index >= 15 is 0 Å². The van der Waals surface area contributed by atoms with Gasteiger partial charge in [-0.25, -0.2) is 9.49 Å². The third-order valence-corrected chi connectivity index (χ3v) is 4.49. The van der Waals surface area contributed by atoms with Crippen molar-refractivity contribution in [2.24, 2.45) is 0 Å². The van der Waals surface area contributed by atoms with Crippen molar-refractivity contribution in [3.8, 4) is 11.5 Å². The molecule has 0 saturated heterocycles. The SMILES string of the molecule is O=c1ccc(-c2ccc(S(=O)(=O)Nc3ccc(F)c(Cl)c3)o2)n[nH]1. The molecular weight excluding hydrogens is 361 g/mol. The summed E-state index contributed by atoms with van der Waals surface area (Å²) >= 11 is 5.62. The van der Waals surface area contributed by atoms with E-state index in [2.05, 4.69) is 14.9 Å². The van der Waals surface area contributed by atoms with Crippen molar-refractivity contribution in [1.29, 1.82) is 0 Å². The van der Waals surface area contributed by atoms with Crippen LogP contribution in [0.1, 0.15) is 0 Å². The maximum absolute atomic E-state index is 13.1. The lowest BCUT2D eigenvalue weighted by atomic mass is 10.3. The second-order valence-corrected chi connectivity index (χ2v) is 6.68. The minimum Gasteiger partial charge on any atom is -0.441 e. The molecule has 124 valence electrons. The highest BCUT2D eigenvalue weighted by Crippen LogP contribution is 2.25. The molecule has 0 aliphatic heterocycles. The van der Waals surface area contributed by atoms with E-state index in [0.29, 0.717) is 0 Å². The first kappa shape index (κ1) is 16.2. The van der Waals surface area contributed by atoms with Gasteiger partial charge < -0.3 is 4.42 Å². The van der Waals surface area contributed by atoms with Crippen molar-refractivity contribution in [3.05, 3.63) is 63.7 Å². The number of rotatable bonds is 4. The van der Waals surface area contributed by atoms with E-state index in [1.165, 1.54) is 30.3 Å². The molecule has 7 nitrogen and oxygen atoms in total. The normalized spacial score (nSPS) is 11.4. The average molecular weight is 370 g/mol. The molecule has 3 rings (SSSR count). The minimum absolute atomic E-state index is 0.0847. The highest BCUT2D eigenvalue weighted by Gasteiger charge is 2.20. The van der Waals surface area contributed by atoms with Crippen LogP contribution >= 0.6 is 11.6 Å². The quantitative estimate of drug-likeness (QED) is 0.735. The number of hydrogen-bond acceptors (Lipinski definition) is 5. The Kier molecular flexibility index (Phi) is 4.12. The van der Waals surface area contributed by atoms with Gasteiger partial charge >= 0.3 is 0 Å². The minimum atomic E-state index is -4.04. The Morgan fingerprint density at radius 1 is 1.17 bits per heavy atom. The van der Waals surface area contributed by atoms with Gasteiger partial charge in [0, 0.05) is 6.07 Å². The molecule has 0 spiro atoms. The number of H-pyrrole nitrogens is 1. The molecule has 3 aromatic rings. The number of anilines is 1. The van der Waals surface area contributed by atoms with Crippen molar-refractivity contribution in [2.75, 3.05) is 4.72 Å². The summed E-state index contributed by atoms with van der Waals surface area (Å²) in [5.41, 5.74) is -0.0459. The lowest BCUT2D eigenvalue weighted by molar-refractivity contribution is 0.461. The molecule has 24 heavy (non-hydrogen) atoms. The zero-order valence-electron chi connectivity index (χ0n) is 11.8. The maximum atomic E-state index is 13.1. The molecule has 0 saturated carbocycles. The number of hydrogen-bond donors (Lipinski definition) is 2. The van der Waals surface area contributed by atoms with E-state index in [9.17, 15) is 17.6 Å². The second-order valence-electron chi connectivity index (χ2n) is 4.66. The third kappa shape index (κ3) is 3.31. The van der Waals surface area contributed by atoms with Crippen LogP contribution in [0.3, 0.4) is 0 Å². The molecule has 0 bridgehead atoms. The summed E-state index contributed by atoms with van der Waals surface area (Å²) in [6.07, 6.45) is 0. The van der Waals surface area contributed by atoms with Gasteiger partial charge in [0.1, 0.15) is 11.5 Å². The van der Waals surface area contributed by atoms with E-state index in [0.717, 1.165) is 12.1 Å². The predicted octanol–water partition coefficient (Wildman–Crippen LogP) is 2.62.